The second kappa shape index (κ2) is 5.32. The van der Waals surface area contributed by atoms with E-state index in [0.29, 0.717) is 19.8 Å². The van der Waals surface area contributed by atoms with Crippen molar-refractivity contribution in [1.29, 1.82) is 0 Å². The van der Waals surface area contributed by atoms with Crippen molar-refractivity contribution in [2.45, 2.75) is 26.6 Å². The van der Waals surface area contributed by atoms with Crippen LogP contribution in [0, 0.1) is 13.8 Å². The van der Waals surface area contributed by atoms with Crippen molar-refractivity contribution in [3.8, 4) is 5.75 Å². The minimum atomic E-state index is -0.0780. The van der Waals surface area contributed by atoms with E-state index >= 15 is 0 Å². The topological polar surface area (TPSA) is 27.7 Å². The Morgan fingerprint density at radius 2 is 2.00 bits per heavy atom. The average Bonchev–Trinajstić information content (AvgIpc) is 2.74. The Hall–Kier alpha value is -1.06. The number of hydrogen-bond donors (Lipinski definition) is 0. The number of rotatable bonds is 4. The maximum Gasteiger partial charge on any atom is 0.161 e. The zero-order valence-electron chi connectivity index (χ0n) is 9.86. The van der Waals surface area contributed by atoms with Crippen molar-refractivity contribution in [3.05, 3.63) is 29.3 Å². The van der Waals surface area contributed by atoms with Gasteiger partial charge in [-0.25, -0.2) is 0 Å². The van der Waals surface area contributed by atoms with Crippen molar-refractivity contribution in [3.63, 3.8) is 0 Å². The molecule has 0 radical (unpaired) electrons. The van der Waals surface area contributed by atoms with E-state index in [1.807, 2.05) is 6.07 Å². The molecular formula is C13H18O3. The van der Waals surface area contributed by atoms with Gasteiger partial charge in [-0.3, -0.25) is 0 Å². The predicted molar refractivity (Wildman–Crippen MR) is 61.7 cm³/mol. The maximum absolute atomic E-state index is 5.69. The Balaban J connectivity index is 1.80. The highest BCUT2D eigenvalue weighted by Crippen LogP contribution is 2.19. The van der Waals surface area contributed by atoms with E-state index in [-0.39, 0.29) is 6.29 Å². The summed E-state index contributed by atoms with van der Waals surface area (Å²) in [6, 6.07) is 6.20. The van der Waals surface area contributed by atoms with Gasteiger partial charge in [0.25, 0.3) is 0 Å². The standard InChI is InChI=1S/C13H18O3/c1-10-3-4-12(11(2)9-10)14-6-5-13-15-7-8-16-13/h3-4,9,13H,5-8H2,1-2H3. The molecule has 0 unspecified atom stereocenters. The van der Waals surface area contributed by atoms with Crippen LogP contribution < -0.4 is 4.74 Å². The number of aryl methyl sites for hydroxylation is 2. The quantitative estimate of drug-likeness (QED) is 0.783. The molecule has 1 aromatic rings. The Bertz CT molecular complexity index is 343. The second-order valence-electron chi connectivity index (χ2n) is 4.08. The fourth-order valence-corrected chi connectivity index (χ4v) is 1.80. The van der Waals surface area contributed by atoms with E-state index < -0.39 is 0 Å². The molecule has 0 amide bonds. The van der Waals surface area contributed by atoms with E-state index in [2.05, 4.69) is 26.0 Å². The average molecular weight is 222 g/mol. The van der Waals surface area contributed by atoms with E-state index in [1.54, 1.807) is 0 Å². The van der Waals surface area contributed by atoms with Gasteiger partial charge in [0.15, 0.2) is 6.29 Å². The molecule has 0 saturated carbocycles. The highest BCUT2D eigenvalue weighted by Gasteiger charge is 2.15. The normalized spacial score (nSPS) is 16.6. The highest BCUT2D eigenvalue weighted by molar-refractivity contribution is 5.35. The molecule has 0 spiro atoms. The van der Waals surface area contributed by atoms with Gasteiger partial charge in [0.05, 0.1) is 19.8 Å². The van der Waals surface area contributed by atoms with Crippen LogP contribution in [0.2, 0.25) is 0 Å². The Morgan fingerprint density at radius 1 is 1.25 bits per heavy atom. The summed E-state index contributed by atoms with van der Waals surface area (Å²) < 4.78 is 16.4. The molecule has 0 bridgehead atoms. The van der Waals surface area contributed by atoms with E-state index in [0.717, 1.165) is 12.2 Å². The lowest BCUT2D eigenvalue weighted by atomic mass is 10.1. The van der Waals surface area contributed by atoms with Crippen molar-refractivity contribution in [2.75, 3.05) is 19.8 Å². The van der Waals surface area contributed by atoms with Crippen LogP contribution in [0.3, 0.4) is 0 Å². The number of benzene rings is 1. The van der Waals surface area contributed by atoms with Gasteiger partial charge in [0, 0.05) is 6.42 Å². The van der Waals surface area contributed by atoms with E-state index in [4.69, 9.17) is 14.2 Å². The van der Waals surface area contributed by atoms with Gasteiger partial charge >= 0.3 is 0 Å². The molecule has 0 atom stereocenters. The SMILES string of the molecule is Cc1ccc(OCCC2OCCO2)c(C)c1. The van der Waals surface area contributed by atoms with Crippen LogP contribution >= 0.6 is 0 Å². The molecule has 1 aliphatic heterocycles. The van der Waals surface area contributed by atoms with Gasteiger partial charge in [-0.15, -0.1) is 0 Å². The molecule has 0 aromatic heterocycles. The van der Waals surface area contributed by atoms with Crippen molar-refractivity contribution < 1.29 is 14.2 Å². The van der Waals surface area contributed by atoms with E-state index in [1.165, 1.54) is 11.1 Å². The molecule has 1 fully saturated rings. The molecule has 1 aromatic carbocycles. The third-order valence-corrected chi connectivity index (χ3v) is 2.63. The molecule has 1 aliphatic rings. The first kappa shape index (κ1) is 11.4. The minimum Gasteiger partial charge on any atom is -0.493 e. The lowest BCUT2D eigenvalue weighted by Crippen LogP contribution is -2.12. The molecule has 1 saturated heterocycles. The van der Waals surface area contributed by atoms with Crippen LogP contribution in [0.4, 0.5) is 0 Å². The third kappa shape index (κ3) is 2.97. The molecule has 0 N–H and O–H groups in total. The molecule has 16 heavy (non-hydrogen) atoms. The van der Waals surface area contributed by atoms with Gasteiger partial charge < -0.3 is 14.2 Å². The second-order valence-corrected chi connectivity index (χ2v) is 4.08. The first-order valence-electron chi connectivity index (χ1n) is 5.69. The van der Waals surface area contributed by atoms with Gasteiger partial charge in [0.1, 0.15) is 5.75 Å². The van der Waals surface area contributed by atoms with Gasteiger partial charge in [-0.05, 0) is 25.5 Å². The van der Waals surface area contributed by atoms with Crippen LogP contribution in [0.15, 0.2) is 18.2 Å². The zero-order chi connectivity index (χ0) is 11.4. The molecule has 0 aliphatic carbocycles. The van der Waals surface area contributed by atoms with Crippen LogP contribution in [0.1, 0.15) is 17.5 Å². The largest absolute Gasteiger partial charge is 0.493 e. The summed E-state index contributed by atoms with van der Waals surface area (Å²) in [5, 5.41) is 0. The molecule has 88 valence electrons. The molecule has 3 heteroatoms. The first-order valence-corrected chi connectivity index (χ1v) is 5.69. The maximum atomic E-state index is 5.69. The third-order valence-electron chi connectivity index (χ3n) is 2.63. The van der Waals surface area contributed by atoms with Crippen LogP contribution in [0.5, 0.6) is 5.75 Å². The van der Waals surface area contributed by atoms with Crippen molar-refractivity contribution >= 4 is 0 Å². The summed E-state index contributed by atoms with van der Waals surface area (Å²) in [6.07, 6.45) is 0.707. The number of hydrogen-bond acceptors (Lipinski definition) is 3. The summed E-state index contributed by atoms with van der Waals surface area (Å²) in [5.74, 6) is 0.948. The summed E-state index contributed by atoms with van der Waals surface area (Å²) in [6.45, 7) is 6.18. The van der Waals surface area contributed by atoms with Crippen molar-refractivity contribution in [2.24, 2.45) is 0 Å². The number of ether oxygens (including phenoxy) is 3. The smallest absolute Gasteiger partial charge is 0.161 e. The Labute approximate surface area is 96.3 Å². The molecule has 1 heterocycles. The fourth-order valence-electron chi connectivity index (χ4n) is 1.80. The van der Waals surface area contributed by atoms with E-state index in [9.17, 15) is 0 Å². The summed E-state index contributed by atoms with van der Waals surface area (Å²) in [4.78, 5) is 0. The molecule has 3 nitrogen and oxygen atoms in total. The van der Waals surface area contributed by atoms with Gasteiger partial charge in [0.2, 0.25) is 0 Å². The van der Waals surface area contributed by atoms with Gasteiger partial charge in [-0.2, -0.15) is 0 Å². The lowest BCUT2D eigenvalue weighted by molar-refractivity contribution is -0.0531. The van der Waals surface area contributed by atoms with Gasteiger partial charge in [-0.1, -0.05) is 17.7 Å². The summed E-state index contributed by atoms with van der Waals surface area (Å²) >= 11 is 0. The Kier molecular flexibility index (Phi) is 3.80. The van der Waals surface area contributed by atoms with Crippen LogP contribution in [-0.4, -0.2) is 26.1 Å². The molecular weight excluding hydrogens is 204 g/mol. The zero-order valence-corrected chi connectivity index (χ0v) is 9.86. The monoisotopic (exact) mass is 222 g/mol. The van der Waals surface area contributed by atoms with Crippen molar-refractivity contribution in [1.82, 2.24) is 0 Å². The minimum absolute atomic E-state index is 0.0780. The first-order chi connectivity index (χ1) is 7.75. The summed E-state index contributed by atoms with van der Waals surface area (Å²) in [5.41, 5.74) is 2.43. The van der Waals surface area contributed by atoms with Crippen LogP contribution in [-0.2, 0) is 9.47 Å². The highest BCUT2D eigenvalue weighted by atomic mass is 16.7. The fraction of sp³-hybridized carbons (Fsp3) is 0.538. The summed E-state index contributed by atoms with van der Waals surface area (Å²) in [7, 11) is 0. The predicted octanol–water partition coefficient (Wildman–Crippen LogP) is 2.45. The Morgan fingerprint density at radius 3 is 2.69 bits per heavy atom. The van der Waals surface area contributed by atoms with Crippen LogP contribution in [0.25, 0.3) is 0 Å². The lowest BCUT2D eigenvalue weighted by Gasteiger charge is -2.12. The molecule has 2 rings (SSSR count).